The molecule has 0 bridgehead atoms. The van der Waals surface area contributed by atoms with E-state index in [0.29, 0.717) is 52.2 Å². The maximum Gasteiger partial charge on any atom is 0.419 e. The van der Waals surface area contributed by atoms with Crippen LogP contribution < -0.4 is 4.90 Å². The van der Waals surface area contributed by atoms with Crippen molar-refractivity contribution in [1.82, 2.24) is 24.6 Å². The first-order chi connectivity index (χ1) is 17.0. The molecule has 2 aliphatic rings. The van der Waals surface area contributed by atoms with Crippen LogP contribution in [0.15, 0.2) is 48.7 Å². The van der Waals surface area contributed by atoms with Crippen LogP contribution >= 0.6 is 0 Å². The number of aromatic nitrogens is 4. The van der Waals surface area contributed by atoms with E-state index in [4.69, 9.17) is 4.74 Å². The van der Waals surface area contributed by atoms with Gasteiger partial charge in [0.25, 0.3) is 0 Å². The largest absolute Gasteiger partial charge is 0.419 e. The molecule has 2 saturated heterocycles. The zero-order chi connectivity index (χ0) is 24.3. The van der Waals surface area contributed by atoms with Crippen LogP contribution in [0.25, 0.3) is 0 Å². The highest BCUT2D eigenvalue weighted by atomic mass is 19.4. The molecule has 2 fully saturated rings. The van der Waals surface area contributed by atoms with Crippen molar-refractivity contribution in [3.05, 3.63) is 71.4 Å². The number of pyridine rings is 1. The molecule has 3 aromatic rings. The average molecular weight is 487 g/mol. The monoisotopic (exact) mass is 486 g/mol. The van der Waals surface area contributed by atoms with Gasteiger partial charge < -0.3 is 14.2 Å². The number of hydrogen-bond acceptors (Lipinski definition) is 6. The fourth-order valence-electron chi connectivity index (χ4n) is 4.89. The van der Waals surface area contributed by atoms with E-state index in [-0.39, 0.29) is 11.7 Å². The number of morpholine rings is 1. The first-order valence-electron chi connectivity index (χ1n) is 12.0. The van der Waals surface area contributed by atoms with Crippen LogP contribution in [0.5, 0.6) is 0 Å². The second-order valence-corrected chi connectivity index (χ2v) is 9.07. The van der Waals surface area contributed by atoms with Gasteiger partial charge >= 0.3 is 6.18 Å². The summed E-state index contributed by atoms with van der Waals surface area (Å²) in [6.07, 6.45) is -1.62. The number of anilines is 1. The fourth-order valence-corrected chi connectivity index (χ4v) is 4.89. The van der Waals surface area contributed by atoms with Crippen molar-refractivity contribution in [2.75, 3.05) is 44.3 Å². The zero-order valence-corrected chi connectivity index (χ0v) is 19.5. The summed E-state index contributed by atoms with van der Waals surface area (Å²) in [4.78, 5) is 8.13. The topological polar surface area (TPSA) is 59.3 Å². The lowest BCUT2D eigenvalue weighted by atomic mass is 9.95. The van der Waals surface area contributed by atoms with Crippen LogP contribution in [-0.4, -0.2) is 64.0 Å². The van der Waals surface area contributed by atoms with Crippen LogP contribution in [0.1, 0.15) is 41.5 Å². The van der Waals surface area contributed by atoms with Gasteiger partial charge in [0.1, 0.15) is 17.5 Å². The molecule has 2 aromatic heterocycles. The molecule has 35 heavy (non-hydrogen) atoms. The molecular weight excluding hydrogens is 457 g/mol. The van der Waals surface area contributed by atoms with Gasteiger partial charge in [0.2, 0.25) is 0 Å². The number of ether oxygens (including phenoxy) is 1. The Morgan fingerprint density at radius 3 is 2.34 bits per heavy atom. The van der Waals surface area contributed by atoms with E-state index in [1.54, 1.807) is 4.90 Å². The molecule has 0 spiro atoms. The first kappa shape index (κ1) is 23.7. The Bertz CT molecular complexity index is 1110. The molecule has 0 N–H and O–H groups in total. The number of hydrogen-bond donors (Lipinski definition) is 0. The summed E-state index contributed by atoms with van der Waals surface area (Å²) in [5, 5.41) is 9.16. The van der Waals surface area contributed by atoms with Crippen molar-refractivity contribution in [2.24, 2.45) is 0 Å². The number of rotatable bonds is 6. The molecule has 0 unspecified atom stereocenters. The second kappa shape index (κ2) is 10.3. The van der Waals surface area contributed by atoms with Crippen molar-refractivity contribution >= 4 is 5.82 Å². The van der Waals surface area contributed by atoms with E-state index in [9.17, 15) is 13.2 Å². The standard InChI is InChI=1S/C25H29F3N6O/c26-25(27,28)21-7-4-10-29-24(21)33-11-8-20(9-12-33)23-31-30-22(18-32-13-15-35-16-14-32)34(23)17-19-5-2-1-3-6-19/h1-7,10,20H,8-9,11-18H2. The van der Waals surface area contributed by atoms with Crippen molar-refractivity contribution in [2.45, 2.75) is 38.0 Å². The van der Waals surface area contributed by atoms with Crippen LogP contribution in [0, 0.1) is 0 Å². The second-order valence-electron chi connectivity index (χ2n) is 9.07. The van der Waals surface area contributed by atoms with Crippen molar-refractivity contribution in [3.63, 3.8) is 0 Å². The highest BCUT2D eigenvalue weighted by Gasteiger charge is 2.37. The van der Waals surface area contributed by atoms with Gasteiger partial charge in [-0.2, -0.15) is 13.2 Å². The summed E-state index contributed by atoms with van der Waals surface area (Å²) in [6.45, 7) is 5.49. The molecule has 4 heterocycles. The number of halogens is 3. The SMILES string of the molecule is FC(F)(F)c1cccnc1N1CCC(c2nnc(CN3CCOCC3)n2Cc2ccccc2)CC1. The minimum absolute atomic E-state index is 0.0113. The summed E-state index contributed by atoms with van der Waals surface area (Å²) in [6, 6.07) is 12.6. The van der Waals surface area contributed by atoms with E-state index < -0.39 is 11.7 Å². The van der Waals surface area contributed by atoms with Crippen LogP contribution in [0.2, 0.25) is 0 Å². The van der Waals surface area contributed by atoms with Gasteiger partial charge in [-0.3, -0.25) is 4.90 Å². The summed E-state index contributed by atoms with van der Waals surface area (Å²) >= 11 is 0. The van der Waals surface area contributed by atoms with Gasteiger partial charge in [0, 0.05) is 38.3 Å². The minimum atomic E-state index is -4.43. The van der Waals surface area contributed by atoms with Gasteiger partial charge in [-0.15, -0.1) is 10.2 Å². The third kappa shape index (κ3) is 5.48. The van der Waals surface area contributed by atoms with Crippen molar-refractivity contribution in [3.8, 4) is 0 Å². The van der Waals surface area contributed by atoms with Crippen molar-refractivity contribution < 1.29 is 17.9 Å². The Labute approximate surface area is 202 Å². The van der Waals surface area contributed by atoms with Gasteiger partial charge in [0.05, 0.1) is 31.9 Å². The van der Waals surface area contributed by atoms with Crippen LogP contribution in [-0.2, 0) is 24.0 Å². The summed E-state index contributed by atoms with van der Waals surface area (Å²) in [5.74, 6) is 1.96. The molecule has 7 nitrogen and oxygen atoms in total. The molecule has 2 aliphatic heterocycles. The average Bonchev–Trinajstić information content (AvgIpc) is 3.26. The normalized spacial score (nSPS) is 18.2. The number of benzene rings is 1. The Balaban J connectivity index is 1.35. The predicted octanol–water partition coefficient (Wildman–Crippen LogP) is 3.96. The lowest BCUT2D eigenvalue weighted by Crippen LogP contribution is -2.37. The smallest absolute Gasteiger partial charge is 0.379 e. The minimum Gasteiger partial charge on any atom is -0.379 e. The van der Waals surface area contributed by atoms with E-state index in [2.05, 4.69) is 36.8 Å². The Kier molecular flexibility index (Phi) is 7.01. The highest BCUT2D eigenvalue weighted by molar-refractivity contribution is 5.48. The first-order valence-corrected chi connectivity index (χ1v) is 12.0. The molecule has 0 aliphatic carbocycles. The lowest BCUT2D eigenvalue weighted by Gasteiger charge is -2.34. The third-order valence-corrected chi connectivity index (χ3v) is 6.76. The number of nitrogens with zero attached hydrogens (tertiary/aromatic N) is 6. The summed E-state index contributed by atoms with van der Waals surface area (Å²) < 4.78 is 48.2. The zero-order valence-electron chi connectivity index (χ0n) is 19.5. The summed E-state index contributed by atoms with van der Waals surface area (Å²) in [7, 11) is 0. The third-order valence-electron chi connectivity index (χ3n) is 6.76. The maximum atomic E-state index is 13.5. The highest BCUT2D eigenvalue weighted by Crippen LogP contribution is 2.37. The lowest BCUT2D eigenvalue weighted by molar-refractivity contribution is -0.137. The fraction of sp³-hybridized carbons (Fsp3) is 0.480. The van der Waals surface area contributed by atoms with E-state index in [0.717, 1.165) is 36.4 Å². The number of alkyl halides is 3. The summed E-state index contributed by atoms with van der Waals surface area (Å²) in [5.41, 5.74) is 0.482. The Hall–Kier alpha value is -2.98. The molecule has 0 radical (unpaired) electrons. The molecule has 0 saturated carbocycles. The van der Waals surface area contributed by atoms with Gasteiger partial charge in [-0.05, 0) is 30.5 Å². The van der Waals surface area contributed by atoms with Crippen LogP contribution in [0.3, 0.4) is 0 Å². The Morgan fingerprint density at radius 1 is 0.886 bits per heavy atom. The van der Waals surface area contributed by atoms with Gasteiger partial charge in [0.15, 0.2) is 0 Å². The molecule has 10 heteroatoms. The molecule has 0 atom stereocenters. The van der Waals surface area contributed by atoms with E-state index in [1.165, 1.54) is 12.3 Å². The van der Waals surface area contributed by atoms with Gasteiger partial charge in [-0.25, -0.2) is 4.98 Å². The molecular formula is C25H29F3N6O. The van der Waals surface area contributed by atoms with E-state index >= 15 is 0 Å². The maximum absolute atomic E-state index is 13.5. The van der Waals surface area contributed by atoms with Crippen LogP contribution in [0.4, 0.5) is 19.0 Å². The predicted molar refractivity (Wildman–Crippen MR) is 125 cm³/mol. The number of piperidine rings is 1. The molecule has 5 rings (SSSR count). The van der Waals surface area contributed by atoms with Gasteiger partial charge in [-0.1, -0.05) is 30.3 Å². The quantitative estimate of drug-likeness (QED) is 0.526. The van der Waals surface area contributed by atoms with E-state index in [1.807, 2.05) is 18.2 Å². The van der Waals surface area contributed by atoms with Crippen molar-refractivity contribution in [1.29, 1.82) is 0 Å². The molecule has 0 amide bonds. The Morgan fingerprint density at radius 2 is 1.63 bits per heavy atom. The molecule has 186 valence electrons. The molecule has 1 aromatic carbocycles.